The molecule has 0 N–H and O–H groups in total. The van der Waals surface area contributed by atoms with Gasteiger partial charge in [0.2, 0.25) is 0 Å². The van der Waals surface area contributed by atoms with Crippen molar-refractivity contribution in [2.45, 2.75) is 230 Å². The minimum atomic E-state index is 0.564. The summed E-state index contributed by atoms with van der Waals surface area (Å²) in [5.74, 6) is 14.7. The smallest absolute Gasteiger partial charge is 0.133 e. The molecule has 1 nitrogen and oxygen atoms in total. The Morgan fingerprint density at radius 1 is 0.462 bits per heavy atom. The Labute approximate surface area is 338 Å². The highest BCUT2D eigenvalue weighted by Crippen LogP contribution is 2.59. The number of carbonyl (C=O) groups is 1. The zero-order valence-corrected chi connectivity index (χ0v) is 37.2. The molecule has 0 radical (unpaired) electrons. The number of halogens is 1. The predicted octanol–water partition coefficient (Wildman–Crippen LogP) is 16.0. The fourth-order valence-electron chi connectivity index (χ4n) is 11.9. The number of hydrogen-bond acceptors (Lipinski definition) is 1. The summed E-state index contributed by atoms with van der Waals surface area (Å²) in [5, 5.41) is 0. The Kier molecular flexibility index (Phi) is 17.6. The molecule has 0 bridgehead atoms. The number of alkyl halides is 1. The molecule has 13 atom stereocenters. The molecule has 0 aliphatic heterocycles. The van der Waals surface area contributed by atoms with Crippen LogP contribution in [0.3, 0.4) is 0 Å². The first-order valence-corrected chi connectivity index (χ1v) is 25.8. The molecule has 0 aromatic rings. The molecule has 0 heterocycles. The van der Waals surface area contributed by atoms with Gasteiger partial charge in [-0.2, -0.15) is 0 Å². The Balaban J connectivity index is 0.729. The van der Waals surface area contributed by atoms with Crippen molar-refractivity contribution in [3.05, 3.63) is 0 Å². The SMILES string of the molecule is CCC1CC1CC1CC1CC1CC1CCCCCCCCC(CCCCCCCCC1CC1CC1CC1CC1CC1CC)CC(=O)CCCC(C)I. The van der Waals surface area contributed by atoms with Gasteiger partial charge in [0.15, 0.2) is 0 Å². The summed E-state index contributed by atoms with van der Waals surface area (Å²) in [6.07, 6.45) is 45.6. The monoisotopic (exact) mass is 831 g/mol. The Morgan fingerprint density at radius 2 is 0.808 bits per heavy atom. The maximum Gasteiger partial charge on any atom is 0.133 e. The van der Waals surface area contributed by atoms with Crippen LogP contribution < -0.4 is 0 Å². The summed E-state index contributed by atoms with van der Waals surface area (Å²) in [6, 6.07) is 0. The molecule has 6 fully saturated rings. The fourth-order valence-corrected chi connectivity index (χ4v) is 12.3. The summed E-state index contributed by atoms with van der Waals surface area (Å²) in [4.78, 5) is 12.9. The van der Waals surface area contributed by atoms with Gasteiger partial charge in [-0.15, -0.1) is 0 Å². The van der Waals surface area contributed by atoms with Crippen molar-refractivity contribution in [3.8, 4) is 0 Å². The summed E-state index contributed by atoms with van der Waals surface area (Å²) >= 11 is 2.51. The van der Waals surface area contributed by atoms with Crippen molar-refractivity contribution in [1.82, 2.24) is 0 Å². The van der Waals surface area contributed by atoms with Crippen LogP contribution in [0, 0.1) is 76.9 Å². The van der Waals surface area contributed by atoms with Gasteiger partial charge < -0.3 is 0 Å². The molecule has 6 aliphatic rings. The van der Waals surface area contributed by atoms with Gasteiger partial charge >= 0.3 is 0 Å². The average molecular weight is 831 g/mol. The van der Waals surface area contributed by atoms with Crippen LogP contribution in [0.5, 0.6) is 0 Å². The van der Waals surface area contributed by atoms with Gasteiger partial charge in [0, 0.05) is 16.8 Å². The number of carbonyl (C=O) groups excluding carboxylic acids is 1. The summed E-state index contributed by atoms with van der Waals surface area (Å²) in [7, 11) is 0. The van der Waals surface area contributed by atoms with Crippen molar-refractivity contribution in [2.75, 3.05) is 0 Å². The number of ketones is 1. The first-order chi connectivity index (χ1) is 25.4. The molecule has 2 heteroatoms. The second-order valence-corrected chi connectivity index (χ2v) is 23.1. The van der Waals surface area contributed by atoms with E-state index in [4.69, 9.17) is 0 Å². The fraction of sp³-hybridized carbons (Fsp3) is 0.980. The average Bonchev–Trinajstić information content (AvgIpc) is 3.89. The van der Waals surface area contributed by atoms with E-state index in [9.17, 15) is 4.79 Å². The van der Waals surface area contributed by atoms with Crippen LogP contribution in [0.15, 0.2) is 0 Å². The highest BCUT2D eigenvalue weighted by atomic mass is 127. The maximum absolute atomic E-state index is 12.9. The van der Waals surface area contributed by atoms with E-state index in [2.05, 4.69) is 43.4 Å². The van der Waals surface area contributed by atoms with Gasteiger partial charge in [0.05, 0.1) is 0 Å². The van der Waals surface area contributed by atoms with Crippen molar-refractivity contribution >= 4 is 28.4 Å². The number of rotatable bonds is 34. The molecular formula is C50H87IO. The van der Waals surface area contributed by atoms with E-state index < -0.39 is 0 Å². The quantitative estimate of drug-likeness (QED) is 0.0359. The van der Waals surface area contributed by atoms with Crippen molar-refractivity contribution < 1.29 is 4.79 Å². The van der Waals surface area contributed by atoms with E-state index in [-0.39, 0.29) is 0 Å². The molecule has 6 rings (SSSR count). The second-order valence-electron chi connectivity index (χ2n) is 21.0. The standard InChI is InChI=1S/C50H87IO/c1-4-38-26-42(38)30-46-34-48(46)32-44-28-40(44)22-16-12-8-6-10-14-20-37(25-50(52)24-18-19-36(3)51)21-15-11-7-9-13-17-23-41-29-45(41)33-49-35-47(49)31-43-27-39(43)5-2/h36-49H,4-35H2,1-3H3. The molecule has 0 aromatic carbocycles. The van der Waals surface area contributed by atoms with Crippen LogP contribution >= 0.6 is 22.6 Å². The third kappa shape index (κ3) is 15.7. The molecule has 0 spiro atoms. The van der Waals surface area contributed by atoms with Gasteiger partial charge in [0.25, 0.3) is 0 Å². The predicted molar refractivity (Wildman–Crippen MR) is 233 cm³/mol. The van der Waals surface area contributed by atoms with Crippen LogP contribution in [0.1, 0.15) is 226 Å². The van der Waals surface area contributed by atoms with Gasteiger partial charge in [-0.1, -0.05) is 159 Å². The molecular weight excluding hydrogens is 743 g/mol. The van der Waals surface area contributed by atoms with Crippen LogP contribution in [-0.4, -0.2) is 9.71 Å². The lowest BCUT2D eigenvalue weighted by Gasteiger charge is -2.16. The van der Waals surface area contributed by atoms with E-state index in [1.807, 2.05) is 0 Å². The number of Topliss-reactive ketones (excluding diaryl/α,β-unsaturated/α-hetero) is 1. The van der Waals surface area contributed by atoms with Gasteiger partial charge in [-0.05, 0) is 154 Å². The minimum absolute atomic E-state index is 0.564. The molecule has 13 unspecified atom stereocenters. The Bertz CT molecular complexity index is 954. The minimum Gasteiger partial charge on any atom is -0.300 e. The molecule has 0 aromatic heterocycles. The van der Waals surface area contributed by atoms with E-state index in [1.165, 1.54) is 122 Å². The van der Waals surface area contributed by atoms with Crippen molar-refractivity contribution in [1.29, 1.82) is 0 Å². The van der Waals surface area contributed by atoms with E-state index in [0.717, 1.165) is 90.3 Å². The van der Waals surface area contributed by atoms with E-state index in [0.29, 0.717) is 15.6 Å². The van der Waals surface area contributed by atoms with Crippen LogP contribution in [0.25, 0.3) is 0 Å². The lowest BCUT2D eigenvalue weighted by atomic mass is 9.89. The van der Waals surface area contributed by atoms with Crippen LogP contribution in [-0.2, 0) is 4.79 Å². The molecule has 6 aliphatic carbocycles. The Morgan fingerprint density at radius 3 is 1.21 bits per heavy atom. The Hall–Kier alpha value is 0.400. The molecule has 0 saturated heterocycles. The molecule has 6 saturated carbocycles. The summed E-state index contributed by atoms with van der Waals surface area (Å²) in [6.45, 7) is 7.07. The third-order valence-corrected chi connectivity index (χ3v) is 17.0. The molecule has 300 valence electrons. The van der Waals surface area contributed by atoms with Crippen LogP contribution in [0.2, 0.25) is 0 Å². The van der Waals surface area contributed by atoms with Crippen molar-refractivity contribution in [2.24, 2.45) is 76.9 Å². The topological polar surface area (TPSA) is 17.1 Å². The zero-order valence-electron chi connectivity index (χ0n) is 35.0. The van der Waals surface area contributed by atoms with E-state index >= 15 is 0 Å². The van der Waals surface area contributed by atoms with Gasteiger partial charge in [-0.3, -0.25) is 4.79 Å². The normalized spacial score (nSPS) is 36.4. The first-order valence-electron chi connectivity index (χ1n) is 24.6. The summed E-state index contributed by atoms with van der Waals surface area (Å²) < 4.78 is 0.694. The van der Waals surface area contributed by atoms with E-state index in [1.54, 1.807) is 64.2 Å². The lowest BCUT2D eigenvalue weighted by molar-refractivity contribution is -0.120. The highest BCUT2D eigenvalue weighted by Gasteiger charge is 2.49. The number of hydrogen-bond donors (Lipinski definition) is 0. The second kappa shape index (κ2) is 21.8. The highest BCUT2D eigenvalue weighted by molar-refractivity contribution is 14.1. The zero-order chi connectivity index (χ0) is 36.3. The largest absolute Gasteiger partial charge is 0.300 e. The van der Waals surface area contributed by atoms with Gasteiger partial charge in [-0.25, -0.2) is 0 Å². The molecule has 52 heavy (non-hydrogen) atoms. The van der Waals surface area contributed by atoms with Crippen LogP contribution in [0.4, 0.5) is 0 Å². The maximum atomic E-state index is 12.9. The number of unbranched alkanes of at least 4 members (excludes halogenated alkanes) is 10. The van der Waals surface area contributed by atoms with Gasteiger partial charge in [0.1, 0.15) is 5.78 Å². The lowest BCUT2D eigenvalue weighted by Crippen LogP contribution is -2.09. The summed E-state index contributed by atoms with van der Waals surface area (Å²) in [5.41, 5.74) is 0. The third-order valence-electron chi connectivity index (χ3n) is 16.3. The first kappa shape index (κ1) is 42.0. The molecule has 0 amide bonds. The van der Waals surface area contributed by atoms with Crippen molar-refractivity contribution in [3.63, 3.8) is 0 Å².